The van der Waals surface area contributed by atoms with E-state index in [1.165, 1.54) is 10.5 Å². The van der Waals surface area contributed by atoms with Crippen LogP contribution in [0.5, 0.6) is 0 Å². The highest BCUT2D eigenvalue weighted by molar-refractivity contribution is 6.23. The molecule has 6 aliphatic rings. The minimum Gasteiger partial charge on any atom is -0.481 e. The molecule has 1 saturated heterocycles. The maximum atomic E-state index is 14.3. The number of fused-ring (bicyclic) bond motifs is 1. The third kappa shape index (κ3) is 2.80. The van der Waals surface area contributed by atoms with E-state index in [4.69, 9.17) is 0 Å². The zero-order chi connectivity index (χ0) is 25.8. The van der Waals surface area contributed by atoms with Crippen LogP contribution >= 0.6 is 0 Å². The van der Waals surface area contributed by atoms with Crippen LogP contribution < -0.4 is 4.90 Å². The van der Waals surface area contributed by atoms with Crippen LogP contribution in [0.2, 0.25) is 0 Å². The molecule has 36 heavy (non-hydrogen) atoms. The van der Waals surface area contributed by atoms with E-state index >= 15 is 0 Å². The summed E-state index contributed by atoms with van der Waals surface area (Å²) in [5.41, 5.74) is 1.83. The van der Waals surface area contributed by atoms with Crippen molar-refractivity contribution < 1.29 is 19.5 Å². The molecule has 0 unspecified atom stereocenters. The molecule has 2 bridgehead atoms. The number of carboxylic acid groups (broad SMARTS) is 1. The number of allylic oxidation sites excluding steroid dienone is 2. The van der Waals surface area contributed by atoms with Crippen molar-refractivity contribution in [3.05, 3.63) is 41.5 Å². The fourth-order valence-corrected chi connectivity index (χ4v) is 9.98. The van der Waals surface area contributed by atoms with Gasteiger partial charge in [-0.2, -0.15) is 0 Å². The molecule has 1 aromatic rings. The molecule has 3 saturated carbocycles. The first-order valence-electron chi connectivity index (χ1n) is 13.9. The standard InChI is InChI=1S/C31H39NO4/c1-17(2)21-16-31-13-10-22-29(4,11-7-12-30(22,5)28(35)36)23(31)15-20(21)24-25(31)27(34)32(26(24)33)19-9-6-8-18(3)14-19/h6,8-9,14,16-17,20,22-25H,7,10-13,15H2,1-5H3,(H,35,36)/t20-,22-,23+,24-,25+,29+,30-,31-/m1/s1. The average Bonchev–Trinajstić information content (AvgIpc) is 3.10. The summed E-state index contributed by atoms with van der Waals surface area (Å²) in [6, 6.07) is 7.73. The van der Waals surface area contributed by atoms with Crippen molar-refractivity contribution in [3.8, 4) is 0 Å². The van der Waals surface area contributed by atoms with Crippen LogP contribution in [-0.2, 0) is 14.4 Å². The van der Waals surface area contributed by atoms with Gasteiger partial charge in [0.15, 0.2) is 0 Å². The van der Waals surface area contributed by atoms with Gasteiger partial charge >= 0.3 is 5.97 Å². The van der Waals surface area contributed by atoms with E-state index in [1.807, 2.05) is 38.1 Å². The lowest BCUT2D eigenvalue weighted by Gasteiger charge is -2.68. The van der Waals surface area contributed by atoms with Gasteiger partial charge in [-0.25, -0.2) is 4.90 Å². The smallest absolute Gasteiger partial charge is 0.309 e. The van der Waals surface area contributed by atoms with Crippen LogP contribution in [0.4, 0.5) is 5.69 Å². The van der Waals surface area contributed by atoms with E-state index in [1.54, 1.807) is 0 Å². The second kappa shape index (κ2) is 7.55. The minimum absolute atomic E-state index is 0.0315. The quantitative estimate of drug-likeness (QED) is 0.417. The first kappa shape index (κ1) is 23.9. The Labute approximate surface area is 214 Å². The highest BCUT2D eigenvalue weighted by Crippen LogP contribution is 2.74. The summed E-state index contributed by atoms with van der Waals surface area (Å²) in [6.07, 6.45) is 7.58. The molecule has 4 fully saturated rings. The fourth-order valence-electron chi connectivity index (χ4n) is 9.98. The second-order valence-electron chi connectivity index (χ2n) is 13.3. The molecule has 7 rings (SSSR count). The van der Waals surface area contributed by atoms with Crippen molar-refractivity contribution in [3.63, 3.8) is 0 Å². The van der Waals surface area contributed by atoms with Crippen molar-refractivity contribution in [1.82, 2.24) is 0 Å². The number of carbonyl (C=O) groups excluding carboxylic acids is 2. The molecule has 192 valence electrons. The summed E-state index contributed by atoms with van der Waals surface area (Å²) in [4.78, 5) is 42.3. The summed E-state index contributed by atoms with van der Waals surface area (Å²) < 4.78 is 0. The molecular weight excluding hydrogens is 450 g/mol. The second-order valence-corrected chi connectivity index (χ2v) is 13.3. The number of carboxylic acids is 1. The lowest BCUT2D eigenvalue weighted by Crippen LogP contribution is -2.65. The Kier molecular flexibility index (Phi) is 5.02. The number of hydrogen-bond donors (Lipinski definition) is 1. The van der Waals surface area contributed by atoms with E-state index in [2.05, 4.69) is 26.8 Å². The number of rotatable bonds is 3. The van der Waals surface area contributed by atoms with Crippen LogP contribution in [-0.4, -0.2) is 22.9 Å². The predicted molar refractivity (Wildman–Crippen MR) is 138 cm³/mol. The molecule has 5 heteroatoms. The molecular formula is C31H39NO4. The minimum atomic E-state index is -0.724. The Morgan fingerprint density at radius 3 is 2.50 bits per heavy atom. The summed E-state index contributed by atoms with van der Waals surface area (Å²) in [5, 5.41) is 10.3. The Morgan fingerprint density at radius 2 is 1.83 bits per heavy atom. The van der Waals surface area contributed by atoms with Crippen molar-refractivity contribution >= 4 is 23.5 Å². The number of benzene rings is 1. The topological polar surface area (TPSA) is 74.7 Å². The molecule has 5 nitrogen and oxygen atoms in total. The molecule has 1 spiro atoms. The molecule has 2 amide bonds. The molecule has 5 aliphatic carbocycles. The molecule has 1 aliphatic heterocycles. The van der Waals surface area contributed by atoms with Gasteiger partial charge in [0.05, 0.1) is 22.9 Å². The predicted octanol–water partition coefficient (Wildman–Crippen LogP) is 6.01. The van der Waals surface area contributed by atoms with Gasteiger partial charge in [0.2, 0.25) is 11.8 Å². The van der Waals surface area contributed by atoms with Crippen LogP contribution in [0.1, 0.15) is 71.8 Å². The normalized spacial score (nSPS) is 43.2. The van der Waals surface area contributed by atoms with Gasteiger partial charge in [-0.1, -0.05) is 51.0 Å². The van der Waals surface area contributed by atoms with Crippen LogP contribution in [0.3, 0.4) is 0 Å². The average molecular weight is 490 g/mol. The number of imide groups is 1. The van der Waals surface area contributed by atoms with Gasteiger partial charge in [-0.05, 0) is 92.7 Å². The maximum absolute atomic E-state index is 14.3. The number of hydrogen-bond acceptors (Lipinski definition) is 3. The van der Waals surface area contributed by atoms with Crippen molar-refractivity contribution in [2.75, 3.05) is 4.90 Å². The van der Waals surface area contributed by atoms with Crippen LogP contribution in [0, 0.1) is 58.7 Å². The first-order valence-corrected chi connectivity index (χ1v) is 13.9. The fraction of sp³-hybridized carbons (Fsp3) is 0.645. The SMILES string of the molecule is Cc1cccc(N2C(=O)[C@@H]3[C@@H]4C[C@H]5[C@@]6(C)CCC[C@@](C)(C(=O)O)[C@@H]6CC[C@]5(C=C4C(C)C)[C@@H]3C2=O)c1. The van der Waals surface area contributed by atoms with Crippen LogP contribution in [0.25, 0.3) is 0 Å². The lowest BCUT2D eigenvalue weighted by atomic mass is 9.34. The van der Waals surface area contributed by atoms with E-state index in [0.717, 1.165) is 44.1 Å². The zero-order valence-electron chi connectivity index (χ0n) is 22.2. The van der Waals surface area contributed by atoms with Gasteiger partial charge in [0.25, 0.3) is 0 Å². The van der Waals surface area contributed by atoms with Gasteiger partial charge in [-0.3, -0.25) is 14.4 Å². The highest BCUT2D eigenvalue weighted by Gasteiger charge is 2.73. The van der Waals surface area contributed by atoms with Crippen LogP contribution in [0.15, 0.2) is 35.9 Å². The highest BCUT2D eigenvalue weighted by atomic mass is 16.4. The Morgan fingerprint density at radius 1 is 1.08 bits per heavy atom. The molecule has 8 atom stereocenters. The molecule has 0 radical (unpaired) electrons. The lowest BCUT2D eigenvalue weighted by molar-refractivity contribution is -0.194. The summed E-state index contributed by atoms with van der Waals surface area (Å²) in [6.45, 7) is 10.7. The number of amides is 2. The largest absolute Gasteiger partial charge is 0.481 e. The third-order valence-electron chi connectivity index (χ3n) is 11.4. The Hall–Kier alpha value is -2.43. The Balaban J connectivity index is 1.50. The third-order valence-corrected chi connectivity index (χ3v) is 11.4. The summed E-state index contributed by atoms with van der Waals surface area (Å²) >= 11 is 0. The molecule has 0 aromatic heterocycles. The number of aliphatic carboxylic acids is 1. The number of anilines is 1. The summed E-state index contributed by atoms with van der Waals surface area (Å²) in [7, 11) is 0. The summed E-state index contributed by atoms with van der Waals surface area (Å²) in [5.74, 6) is -0.679. The van der Waals surface area contributed by atoms with Crippen molar-refractivity contribution in [2.24, 2.45) is 51.8 Å². The molecule has 1 heterocycles. The number of carbonyl (C=O) groups is 3. The number of aryl methyl sites for hydroxylation is 1. The molecule has 1 aromatic carbocycles. The zero-order valence-corrected chi connectivity index (χ0v) is 22.2. The van der Waals surface area contributed by atoms with Crippen molar-refractivity contribution in [1.29, 1.82) is 0 Å². The monoisotopic (exact) mass is 489 g/mol. The van der Waals surface area contributed by atoms with E-state index < -0.39 is 11.4 Å². The Bertz CT molecular complexity index is 1200. The maximum Gasteiger partial charge on any atom is 0.309 e. The van der Waals surface area contributed by atoms with Gasteiger partial charge in [0.1, 0.15) is 0 Å². The first-order chi connectivity index (χ1) is 17.0. The van der Waals surface area contributed by atoms with Crippen molar-refractivity contribution in [2.45, 2.75) is 73.1 Å². The van der Waals surface area contributed by atoms with Gasteiger partial charge < -0.3 is 5.11 Å². The number of nitrogens with zero attached hydrogens (tertiary/aromatic N) is 1. The van der Waals surface area contributed by atoms with E-state index in [9.17, 15) is 19.5 Å². The van der Waals surface area contributed by atoms with Gasteiger partial charge in [0, 0.05) is 5.41 Å². The van der Waals surface area contributed by atoms with Gasteiger partial charge in [-0.15, -0.1) is 0 Å². The van der Waals surface area contributed by atoms with E-state index in [0.29, 0.717) is 11.6 Å². The van der Waals surface area contributed by atoms with E-state index in [-0.39, 0.29) is 52.2 Å². The molecule has 1 N–H and O–H groups in total.